The number of hydrogen-bond acceptors (Lipinski definition) is 8. The number of carbonyl (C=O) groups is 2. The van der Waals surface area contributed by atoms with Crippen LogP contribution in [0, 0.1) is 11.8 Å². The molecule has 4 heterocycles. The van der Waals surface area contributed by atoms with Gasteiger partial charge < -0.3 is 24.7 Å². The molecule has 3 N–H and O–H groups in total. The lowest BCUT2D eigenvalue weighted by Gasteiger charge is -2.35. The van der Waals surface area contributed by atoms with Crippen molar-refractivity contribution in [3.8, 4) is 0 Å². The summed E-state index contributed by atoms with van der Waals surface area (Å²) in [4.78, 5) is 28.7. The van der Waals surface area contributed by atoms with Crippen LogP contribution in [-0.4, -0.2) is 81.7 Å². The number of aliphatic carboxylic acids is 2. The normalized spacial score (nSPS) is 21.5. The molecule has 2 fully saturated rings. The minimum Gasteiger partial charge on any atom is -0.475 e. The standard InChI is InChI=1S/C17H22N4O2.2C2HF3O2/c1-3-14(22-8-1)11-21-7-4-15-13(10-21)12-23-16(15)9-20-17-18-5-2-6-19-17;2*3-2(4,5)1(6)7/h1-3,5-6,8,13,15-16H,4,7,9-12H2,(H,18,19,20);2*(H,6,7)/t13-,15-,16+;;/m1../s1. The van der Waals surface area contributed by atoms with Crippen molar-refractivity contribution in [2.45, 2.75) is 31.4 Å². The fraction of sp³-hybridized carbons (Fsp3) is 0.524. The molecule has 0 bridgehead atoms. The molecule has 4 rings (SSSR count). The third-order valence-corrected chi connectivity index (χ3v) is 5.35. The van der Waals surface area contributed by atoms with Gasteiger partial charge in [-0.1, -0.05) is 0 Å². The molecule has 3 atom stereocenters. The number of carboxylic acid groups (broad SMARTS) is 2. The molecule has 2 saturated heterocycles. The molecule has 0 unspecified atom stereocenters. The van der Waals surface area contributed by atoms with Gasteiger partial charge in [0.1, 0.15) is 5.76 Å². The van der Waals surface area contributed by atoms with Crippen molar-refractivity contribution in [3.63, 3.8) is 0 Å². The zero-order chi connectivity index (χ0) is 27.6. The summed E-state index contributed by atoms with van der Waals surface area (Å²) < 4.78 is 75.0. The SMILES string of the molecule is O=C(O)C(F)(F)F.O=C(O)C(F)(F)F.c1cnc(NC[C@@H]2OC[C@H]3CN(Cc4ccco4)CC[C@H]32)nc1. The molecule has 16 heteroatoms. The molecule has 206 valence electrons. The first-order valence-electron chi connectivity index (χ1n) is 10.7. The Bertz CT molecular complexity index is 950. The summed E-state index contributed by atoms with van der Waals surface area (Å²) in [5, 5.41) is 17.5. The Kier molecular flexibility index (Phi) is 10.7. The van der Waals surface area contributed by atoms with Crippen LogP contribution in [0.5, 0.6) is 0 Å². The van der Waals surface area contributed by atoms with E-state index in [0.29, 0.717) is 17.8 Å². The average Bonchev–Trinajstić information content (AvgIpc) is 3.47. The Hall–Kier alpha value is -3.40. The van der Waals surface area contributed by atoms with Crippen molar-refractivity contribution in [2.24, 2.45) is 11.8 Å². The van der Waals surface area contributed by atoms with Crippen molar-refractivity contribution in [1.82, 2.24) is 14.9 Å². The van der Waals surface area contributed by atoms with Gasteiger partial charge in [-0.3, -0.25) is 4.90 Å². The summed E-state index contributed by atoms with van der Waals surface area (Å²) in [6, 6.07) is 5.82. The minimum absolute atomic E-state index is 0.259. The number of aromatic nitrogens is 2. The van der Waals surface area contributed by atoms with Crippen LogP contribution in [0.1, 0.15) is 12.2 Å². The average molecular weight is 542 g/mol. The first kappa shape index (κ1) is 29.8. The molecule has 2 aliphatic heterocycles. The smallest absolute Gasteiger partial charge is 0.475 e. The Labute approximate surface area is 206 Å². The van der Waals surface area contributed by atoms with Crippen LogP contribution >= 0.6 is 0 Å². The number of carboxylic acids is 2. The summed E-state index contributed by atoms with van der Waals surface area (Å²) >= 11 is 0. The second kappa shape index (κ2) is 13.2. The van der Waals surface area contributed by atoms with Crippen LogP contribution in [0.15, 0.2) is 41.3 Å². The van der Waals surface area contributed by atoms with Gasteiger partial charge in [0.15, 0.2) is 0 Å². The number of halogens is 6. The maximum atomic E-state index is 10.6. The predicted octanol–water partition coefficient (Wildman–Crippen LogP) is 3.29. The fourth-order valence-corrected chi connectivity index (χ4v) is 3.72. The lowest BCUT2D eigenvalue weighted by Crippen LogP contribution is -2.42. The third-order valence-electron chi connectivity index (χ3n) is 5.35. The van der Waals surface area contributed by atoms with Crippen molar-refractivity contribution < 1.29 is 55.3 Å². The Morgan fingerprint density at radius 2 is 1.65 bits per heavy atom. The third kappa shape index (κ3) is 10.2. The molecule has 2 aliphatic rings. The van der Waals surface area contributed by atoms with Gasteiger partial charge in [-0.05, 0) is 37.1 Å². The largest absolute Gasteiger partial charge is 0.490 e. The minimum atomic E-state index is -5.08. The molecule has 10 nitrogen and oxygen atoms in total. The quantitative estimate of drug-likeness (QED) is 0.483. The van der Waals surface area contributed by atoms with Gasteiger partial charge in [-0.25, -0.2) is 19.6 Å². The number of likely N-dealkylation sites (tertiary alicyclic amines) is 1. The molecule has 37 heavy (non-hydrogen) atoms. The van der Waals surface area contributed by atoms with Crippen LogP contribution in [0.2, 0.25) is 0 Å². The predicted molar refractivity (Wildman–Crippen MR) is 113 cm³/mol. The van der Waals surface area contributed by atoms with Crippen molar-refractivity contribution in [2.75, 3.05) is 31.6 Å². The number of ether oxygens (including phenoxy) is 1. The number of alkyl halides is 6. The van der Waals surface area contributed by atoms with E-state index < -0.39 is 24.3 Å². The van der Waals surface area contributed by atoms with Crippen molar-refractivity contribution in [1.29, 1.82) is 0 Å². The molecule has 0 aliphatic carbocycles. The van der Waals surface area contributed by atoms with Gasteiger partial charge in [0.05, 0.1) is 25.5 Å². The molecular weight excluding hydrogens is 518 g/mol. The van der Waals surface area contributed by atoms with E-state index in [1.165, 1.54) is 6.42 Å². The fourth-order valence-electron chi connectivity index (χ4n) is 3.72. The topological polar surface area (TPSA) is 138 Å². The van der Waals surface area contributed by atoms with E-state index in [-0.39, 0.29) is 6.10 Å². The summed E-state index contributed by atoms with van der Waals surface area (Å²) in [6.07, 6.45) is -3.49. The number of rotatable bonds is 5. The van der Waals surface area contributed by atoms with E-state index in [9.17, 15) is 26.3 Å². The van der Waals surface area contributed by atoms with Crippen molar-refractivity contribution in [3.05, 3.63) is 42.6 Å². The van der Waals surface area contributed by atoms with Gasteiger partial charge >= 0.3 is 24.3 Å². The maximum absolute atomic E-state index is 10.6. The maximum Gasteiger partial charge on any atom is 0.490 e. The van der Waals surface area contributed by atoms with Gasteiger partial charge in [0.25, 0.3) is 0 Å². The van der Waals surface area contributed by atoms with E-state index in [2.05, 4.69) is 20.2 Å². The first-order valence-corrected chi connectivity index (χ1v) is 10.7. The summed E-state index contributed by atoms with van der Waals surface area (Å²) in [7, 11) is 0. The highest BCUT2D eigenvalue weighted by Crippen LogP contribution is 2.35. The van der Waals surface area contributed by atoms with E-state index >= 15 is 0 Å². The number of nitrogens with zero attached hydrogens (tertiary/aromatic N) is 3. The molecule has 2 aromatic rings. The van der Waals surface area contributed by atoms with Crippen LogP contribution in [0.4, 0.5) is 32.3 Å². The second-order valence-electron chi connectivity index (χ2n) is 7.96. The lowest BCUT2D eigenvalue weighted by atomic mass is 9.84. The monoisotopic (exact) mass is 542 g/mol. The van der Waals surface area contributed by atoms with Crippen molar-refractivity contribution >= 4 is 17.9 Å². The zero-order valence-corrected chi connectivity index (χ0v) is 19.1. The van der Waals surface area contributed by atoms with Gasteiger partial charge in [-0.2, -0.15) is 26.3 Å². The highest BCUT2D eigenvalue weighted by atomic mass is 19.4. The van der Waals surface area contributed by atoms with Gasteiger partial charge in [0, 0.05) is 31.4 Å². The molecule has 0 amide bonds. The second-order valence-corrected chi connectivity index (χ2v) is 7.96. The summed E-state index contributed by atoms with van der Waals surface area (Å²) in [5.41, 5.74) is 0. The van der Waals surface area contributed by atoms with Crippen LogP contribution in [0.25, 0.3) is 0 Å². The number of anilines is 1. The van der Waals surface area contributed by atoms with E-state index in [4.69, 9.17) is 29.0 Å². The van der Waals surface area contributed by atoms with Gasteiger partial charge in [-0.15, -0.1) is 0 Å². The van der Waals surface area contributed by atoms with E-state index in [0.717, 1.165) is 38.5 Å². The Balaban J connectivity index is 0.000000286. The summed E-state index contributed by atoms with van der Waals surface area (Å²) in [6.45, 7) is 4.72. The highest BCUT2D eigenvalue weighted by molar-refractivity contribution is 5.73. The molecule has 0 saturated carbocycles. The van der Waals surface area contributed by atoms with E-state index in [1.54, 1.807) is 18.7 Å². The molecule has 0 radical (unpaired) electrons. The van der Waals surface area contributed by atoms with Crippen LogP contribution < -0.4 is 5.32 Å². The molecule has 0 aromatic carbocycles. The molecule has 0 spiro atoms. The van der Waals surface area contributed by atoms with E-state index in [1.807, 2.05) is 18.2 Å². The van der Waals surface area contributed by atoms with Gasteiger partial charge in [0.2, 0.25) is 5.95 Å². The lowest BCUT2D eigenvalue weighted by molar-refractivity contribution is -0.193. The highest BCUT2D eigenvalue weighted by Gasteiger charge is 2.41. The first-order chi connectivity index (χ1) is 17.3. The number of piperidine rings is 1. The van der Waals surface area contributed by atoms with Crippen LogP contribution in [-0.2, 0) is 20.9 Å². The number of furan rings is 1. The Morgan fingerprint density at radius 3 is 2.16 bits per heavy atom. The Morgan fingerprint density at radius 1 is 1.05 bits per heavy atom. The number of hydrogen-bond donors (Lipinski definition) is 3. The zero-order valence-electron chi connectivity index (χ0n) is 19.1. The number of nitrogens with one attached hydrogen (secondary N) is 1. The number of fused-ring (bicyclic) bond motifs is 1. The summed E-state index contributed by atoms with van der Waals surface area (Å²) in [5.74, 6) is -2.56. The molecular formula is C21H24F6N4O6. The molecule has 2 aromatic heterocycles. The van der Waals surface area contributed by atoms with Crippen LogP contribution in [0.3, 0.4) is 0 Å².